The van der Waals surface area contributed by atoms with Crippen LogP contribution < -0.4 is 10.5 Å². The molecule has 1 amide bonds. The van der Waals surface area contributed by atoms with E-state index in [1.807, 2.05) is 0 Å². The van der Waals surface area contributed by atoms with Crippen molar-refractivity contribution in [3.8, 4) is 5.75 Å². The van der Waals surface area contributed by atoms with E-state index in [-0.39, 0.29) is 24.6 Å². The van der Waals surface area contributed by atoms with Crippen LogP contribution in [0.2, 0.25) is 0 Å². The Morgan fingerprint density at radius 3 is 2.81 bits per heavy atom. The summed E-state index contributed by atoms with van der Waals surface area (Å²) in [6.07, 6.45) is 0. The summed E-state index contributed by atoms with van der Waals surface area (Å²) in [5.41, 5.74) is 6.43. The Morgan fingerprint density at radius 2 is 2.14 bits per heavy atom. The highest BCUT2D eigenvalue weighted by Crippen LogP contribution is 2.27. The zero-order valence-electron chi connectivity index (χ0n) is 12.0. The maximum Gasteiger partial charge on any atom is 0.331 e. The molecule has 0 spiro atoms. The van der Waals surface area contributed by atoms with Crippen LogP contribution >= 0.6 is 0 Å². The number of nitrogens with two attached hydrogens (primary N) is 1. The molecular weight excluding hydrogens is 276 g/mol. The zero-order chi connectivity index (χ0) is 15.4. The van der Waals surface area contributed by atoms with E-state index in [1.165, 1.54) is 19.1 Å². The van der Waals surface area contributed by atoms with E-state index in [4.69, 9.17) is 19.9 Å². The molecule has 0 saturated carbocycles. The predicted molar refractivity (Wildman–Crippen MR) is 75.1 cm³/mol. The van der Waals surface area contributed by atoms with Crippen LogP contribution in [0.5, 0.6) is 5.75 Å². The van der Waals surface area contributed by atoms with Crippen LogP contribution in [0.3, 0.4) is 0 Å². The fraction of sp³-hybridized carbons (Fsp3) is 0.429. The number of amides is 1. The minimum atomic E-state index is -0.777. The number of carbonyl (C=O) groups excluding carboxylic acids is 2. The number of hydrogen-bond acceptors (Lipinski definition) is 6. The molecule has 0 bridgehead atoms. The number of nitrogens with zero attached hydrogens (tertiary/aromatic N) is 1. The number of methoxy groups -OCH3 is 2. The molecule has 0 aromatic heterocycles. The van der Waals surface area contributed by atoms with Crippen LogP contribution in [0.1, 0.15) is 10.4 Å². The van der Waals surface area contributed by atoms with E-state index in [9.17, 15) is 9.59 Å². The first-order chi connectivity index (χ1) is 10.1. The predicted octanol–water partition coefficient (Wildman–Crippen LogP) is 0.291. The molecule has 1 unspecified atom stereocenters. The maximum atomic E-state index is 12.7. The first-order valence-electron chi connectivity index (χ1n) is 6.49. The summed E-state index contributed by atoms with van der Waals surface area (Å²) in [5.74, 6) is -0.518. The highest BCUT2D eigenvalue weighted by atomic mass is 16.5. The fourth-order valence-electron chi connectivity index (χ4n) is 2.27. The number of benzene rings is 1. The molecule has 1 aromatic carbocycles. The molecule has 1 saturated heterocycles. The van der Waals surface area contributed by atoms with Crippen molar-refractivity contribution in [3.05, 3.63) is 23.8 Å². The fourth-order valence-corrected chi connectivity index (χ4v) is 2.27. The number of hydrogen-bond donors (Lipinski definition) is 1. The Bertz CT molecular complexity index is 546. The normalized spacial score (nSPS) is 18.2. The third-order valence-electron chi connectivity index (χ3n) is 3.35. The van der Waals surface area contributed by atoms with Crippen LogP contribution in [0, 0.1) is 0 Å². The molecule has 7 nitrogen and oxygen atoms in total. The first-order valence-corrected chi connectivity index (χ1v) is 6.49. The van der Waals surface area contributed by atoms with Gasteiger partial charge >= 0.3 is 5.97 Å². The van der Waals surface area contributed by atoms with Gasteiger partial charge in [0.25, 0.3) is 5.91 Å². The van der Waals surface area contributed by atoms with Crippen LogP contribution in [-0.2, 0) is 14.3 Å². The molecule has 0 aliphatic carbocycles. The van der Waals surface area contributed by atoms with Gasteiger partial charge in [-0.1, -0.05) is 6.07 Å². The van der Waals surface area contributed by atoms with Gasteiger partial charge in [0, 0.05) is 12.2 Å². The van der Waals surface area contributed by atoms with Gasteiger partial charge in [0.05, 0.1) is 27.4 Å². The van der Waals surface area contributed by atoms with Gasteiger partial charge in [0.15, 0.2) is 6.04 Å². The van der Waals surface area contributed by atoms with Gasteiger partial charge in [-0.3, -0.25) is 4.79 Å². The van der Waals surface area contributed by atoms with E-state index in [2.05, 4.69) is 0 Å². The lowest BCUT2D eigenvalue weighted by atomic mass is 10.1. The van der Waals surface area contributed by atoms with E-state index >= 15 is 0 Å². The monoisotopic (exact) mass is 294 g/mol. The molecule has 1 aliphatic rings. The zero-order valence-corrected chi connectivity index (χ0v) is 12.0. The summed E-state index contributed by atoms with van der Waals surface area (Å²) in [5, 5.41) is 0. The summed E-state index contributed by atoms with van der Waals surface area (Å²) in [7, 11) is 2.74. The highest BCUT2D eigenvalue weighted by Gasteiger charge is 2.35. The quantitative estimate of drug-likeness (QED) is 0.636. The van der Waals surface area contributed by atoms with Gasteiger partial charge in [-0.2, -0.15) is 0 Å². The summed E-state index contributed by atoms with van der Waals surface area (Å²) in [4.78, 5) is 25.9. The minimum absolute atomic E-state index is 0.105. The maximum absolute atomic E-state index is 12.7. The molecule has 1 fully saturated rings. The average Bonchev–Trinajstić information content (AvgIpc) is 2.53. The Morgan fingerprint density at radius 1 is 1.38 bits per heavy atom. The summed E-state index contributed by atoms with van der Waals surface area (Å²) < 4.78 is 15.2. The van der Waals surface area contributed by atoms with Crippen LogP contribution in [0.25, 0.3) is 0 Å². The van der Waals surface area contributed by atoms with Crippen molar-refractivity contribution in [1.82, 2.24) is 4.90 Å². The smallest absolute Gasteiger partial charge is 0.331 e. The molecule has 1 aromatic rings. The van der Waals surface area contributed by atoms with Gasteiger partial charge in [-0.15, -0.1) is 0 Å². The van der Waals surface area contributed by atoms with E-state index in [0.29, 0.717) is 18.0 Å². The Hall–Kier alpha value is -2.28. The Kier molecular flexibility index (Phi) is 4.64. The van der Waals surface area contributed by atoms with E-state index in [1.54, 1.807) is 18.2 Å². The Labute approximate surface area is 122 Å². The number of nitrogen functional groups attached to an aromatic ring is 1. The van der Waals surface area contributed by atoms with Crippen molar-refractivity contribution in [2.45, 2.75) is 6.04 Å². The molecule has 114 valence electrons. The standard InChI is InChI=1S/C14H18N2O5/c1-19-11-5-3-4-9(15)12(11)13(17)16-6-7-21-8-10(16)14(18)20-2/h3-5,10H,6-8,15H2,1-2H3. The second-order valence-corrected chi connectivity index (χ2v) is 4.54. The van der Waals surface area contributed by atoms with Crippen molar-refractivity contribution in [2.24, 2.45) is 0 Å². The van der Waals surface area contributed by atoms with Crippen LogP contribution in [0.4, 0.5) is 5.69 Å². The van der Waals surface area contributed by atoms with Crippen LogP contribution in [0.15, 0.2) is 18.2 Å². The SMILES string of the molecule is COC(=O)C1COCCN1C(=O)c1c(N)cccc1OC. The minimum Gasteiger partial charge on any atom is -0.496 e. The largest absolute Gasteiger partial charge is 0.496 e. The molecule has 2 N–H and O–H groups in total. The van der Waals surface area contributed by atoms with Crippen LogP contribution in [-0.4, -0.2) is 56.8 Å². The van der Waals surface area contributed by atoms with Gasteiger partial charge in [-0.05, 0) is 12.1 Å². The van der Waals surface area contributed by atoms with E-state index in [0.717, 1.165) is 0 Å². The molecule has 1 aliphatic heterocycles. The summed E-state index contributed by atoms with van der Waals surface area (Å²) in [6, 6.07) is 4.18. The molecule has 7 heteroatoms. The second kappa shape index (κ2) is 6.45. The first kappa shape index (κ1) is 15.1. The van der Waals surface area contributed by atoms with Gasteiger partial charge in [-0.25, -0.2) is 4.79 Å². The molecule has 0 radical (unpaired) electrons. The van der Waals surface area contributed by atoms with Gasteiger partial charge < -0.3 is 24.8 Å². The number of rotatable bonds is 3. The Balaban J connectivity index is 2.35. The molecule has 21 heavy (non-hydrogen) atoms. The molecular formula is C14H18N2O5. The summed E-state index contributed by atoms with van der Waals surface area (Å²) in [6.45, 7) is 0.748. The van der Waals surface area contributed by atoms with Gasteiger partial charge in [0.2, 0.25) is 0 Å². The third kappa shape index (κ3) is 2.92. The third-order valence-corrected chi connectivity index (χ3v) is 3.35. The van der Waals surface area contributed by atoms with E-state index < -0.39 is 12.0 Å². The number of ether oxygens (including phenoxy) is 3. The average molecular weight is 294 g/mol. The van der Waals surface area contributed by atoms with Crippen molar-refractivity contribution < 1.29 is 23.8 Å². The van der Waals surface area contributed by atoms with Crippen molar-refractivity contribution >= 4 is 17.6 Å². The second-order valence-electron chi connectivity index (χ2n) is 4.54. The van der Waals surface area contributed by atoms with Crippen molar-refractivity contribution in [1.29, 1.82) is 0 Å². The topological polar surface area (TPSA) is 91.1 Å². The highest BCUT2D eigenvalue weighted by molar-refractivity contribution is 6.03. The number of carbonyl (C=O) groups is 2. The number of esters is 1. The lowest BCUT2D eigenvalue weighted by molar-refractivity contribution is -0.151. The number of anilines is 1. The molecule has 1 heterocycles. The number of morpholine rings is 1. The van der Waals surface area contributed by atoms with Gasteiger partial charge in [0.1, 0.15) is 11.3 Å². The molecule has 1 atom stereocenters. The van der Waals surface area contributed by atoms with Crippen molar-refractivity contribution in [3.63, 3.8) is 0 Å². The lowest BCUT2D eigenvalue weighted by Crippen LogP contribution is -2.53. The van der Waals surface area contributed by atoms with Crippen molar-refractivity contribution in [2.75, 3.05) is 39.7 Å². The lowest BCUT2D eigenvalue weighted by Gasteiger charge is -2.34. The molecule has 2 rings (SSSR count). The summed E-state index contributed by atoms with van der Waals surface area (Å²) >= 11 is 0.